The fourth-order valence-corrected chi connectivity index (χ4v) is 3.70. The van der Waals surface area contributed by atoms with E-state index < -0.39 is 0 Å². The van der Waals surface area contributed by atoms with Gasteiger partial charge in [0.15, 0.2) is 0 Å². The molecule has 2 aliphatic rings. The summed E-state index contributed by atoms with van der Waals surface area (Å²) in [5, 5.41) is 3.62. The van der Waals surface area contributed by atoms with E-state index in [0.29, 0.717) is 11.5 Å². The molecule has 1 N–H and O–H groups in total. The van der Waals surface area contributed by atoms with Gasteiger partial charge in [-0.1, -0.05) is 20.3 Å². The van der Waals surface area contributed by atoms with Crippen LogP contribution in [0.25, 0.3) is 0 Å². The maximum atomic E-state index is 5.47. The zero-order valence-corrected chi connectivity index (χ0v) is 10.4. The van der Waals surface area contributed by atoms with Crippen molar-refractivity contribution in [3.05, 3.63) is 0 Å². The Morgan fingerprint density at radius 2 is 2.20 bits per heavy atom. The van der Waals surface area contributed by atoms with E-state index in [1.54, 1.807) is 0 Å². The van der Waals surface area contributed by atoms with Gasteiger partial charge >= 0.3 is 0 Å². The van der Waals surface area contributed by atoms with Crippen LogP contribution in [0.3, 0.4) is 0 Å². The Hall–Kier alpha value is -0.0800. The highest BCUT2D eigenvalue weighted by molar-refractivity contribution is 5.01. The molecule has 15 heavy (non-hydrogen) atoms. The number of nitrogens with one attached hydrogen (secondary N) is 1. The molecule has 3 unspecified atom stereocenters. The Labute approximate surface area is 93.8 Å². The summed E-state index contributed by atoms with van der Waals surface area (Å²) in [7, 11) is 1.85. The predicted molar refractivity (Wildman–Crippen MR) is 62.9 cm³/mol. The van der Waals surface area contributed by atoms with Crippen molar-refractivity contribution in [3.8, 4) is 0 Å². The van der Waals surface area contributed by atoms with Gasteiger partial charge in [0.1, 0.15) is 0 Å². The first-order valence-electron chi connectivity index (χ1n) is 6.38. The molecule has 0 aromatic carbocycles. The van der Waals surface area contributed by atoms with Crippen molar-refractivity contribution < 1.29 is 4.74 Å². The van der Waals surface area contributed by atoms with Gasteiger partial charge in [-0.15, -0.1) is 0 Å². The molecule has 0 amide bonds. The van der Waals surface area contributed by atoms with Crippen molar-refractivity contribution in [1.29, 1.82) is 0 Å². The zero-order chi connectivity index (χ0) is 10.9. The molecule has 2 bridgehead atoms. The molecule has 2 heteroatoms. The fourth-order valence-electron chi connectivity index (χ4n) is 3.70. The SMILES string of the molecule is COCC1(CNC(C)C)CC2CCC1C2. The molecule has 0 aromatic heterocycles. The van der Waals surface area contributed by atoms with Crippen LogP contribution in [0.2, 0.25) is 0 Å². The van der Waals surface area contributed by atoms with Crippen LogP contribution in [0, 0.1) is 17.3 Å². The molecular weight excluding hydrogens is 186 g/mol. The standard InChI is InChI=1S/C13H25NO/c1-10(2)14-8-13(9-15-3)7-11-4-5-12(13)6-11/h10-12,14H,4-9H2,1-3H3. The molecule has 88 valence electrons. The Morgan fingerprint density at radius 1 is 1.40 bits per heavy atom. The van der Waals surface area contributed by atoms with E-state index in [9.17, 15) is 0 Å². The summed E-state index contributed by atoms with van der Waals surface area (Å²) in [6.45, 7) is 6.56. The first kappa shape index (κ1) is 11.4. The molecule has 2 fully saturated rings. The highest BCUT2D eigenvalue weighted by Crippen LogP contribution is 2.55. The Balaban J connectivity index is 1.98. The molecule has 0 saturated heterocycles. The van der Waals surface area contributed by atoms with Crippen molar-refractivity contribution in [2.24, 2.45) is 17.3 Å². The number of ether oxygens (including phenoxy) is 1. The normalized spacial score (nSPS) is 39.2. The van der Waals surface area contributed by atoms with E-state index in [2.05, 4.69) is 19.2 Å². The van der Waals surface area contributed by atoms with Gasteiger partial charge < -0.3 is 10.1 Å². The Bertz CT molecular complexity index is 217. The largest absolute Gasteiger partial charge is 0.384 e. The van der Waals surface area contributed by atoms with Crippen LogP contribution in [0.1, 0.15) is 39.5 Å². The monoisotopic (exact) mass is 211 g/mol. The van der Waals surface area contributed by atoms with Gasteiger partial charge in [0.2, 0.25) is 0 Å². The highest BCUT2D eigenvalue weighted by atomic mass is 16.5. The van der Waals surface area contributed by atoms with E-state index in [1.165, 1.54) is 25.7 Å². The number of rotatable bonds is 5. The average Bonchev–Trinajstić information content (AvgIpc) is 2.75. The quantitative estimate of drug-likeness (QED) is 0.754. The van der Waals surface area contributed by atoms with Gasteiger partial charge in [-0.3, -0.25) is 0 Å². The third kappa shape index (κ3) is 2.21. The van der Waals surface area contributed by atoms with Crippen LogP contribution in [0.4, 0.5) is 0 Å². The van der Waals surface area contributed by atoms with Gasteiger partial charge in [-0.2, -0.15) is 0 Å². The summed E-state index contributed by atoms with van der Waals surface area (Å²) in [6.07, 6.45) is 5.76. The molecule has 0 radical (unpaired) electrons. The van der Waals surface area contributed by atoms with Crippen LogP contribution < -0.4 is 5.32 Å². The average molecular weight is 211 g/mol. The molecule has 2 saturated carbocycles. The van der Waals surface area contributed by atoms with E-state index in [0.717, 1.165) is 25.0 Å². The first-order chi connectivity index (χ1) is 7.16. The van der Waals surface area contributed by atoms with Gasteiger partial charge in [0, 0.05) is 25.1 Å². The van der Waals surface area contributed by atoms with E-state index in [1.807, 2.05) is 7.11 Å². The summed E-state index contributed by atoms with van der Waals surface area (Å²) in [5.41, 5.74) is 0.460. The number of methoxy groups -OCH3 is 1. The molecule has 3 atom stereocenters. The topological polar surface area (TPSA) is 21.3 Å². The Morgan fingerprint density at radius 3 is 2.67 bits per heavy atom. The number of hydrogen-bond acceptors (Lipinski definition) is 2. The van der Waals surface area contributed by atoms with Gasteiger partial charge in [0.25, 0.3) is 0 Å². The number of fused-ring (bicyclic) bond motifs is 2. The minimum absolute atomic E-state index is 0.460. The molecule has 0 aliphatic heterocycles. The van der Waals surface area contributed by atoms with Crippen molar-refractivity contribution in [3.63, 3.8) is 0 Å². The van der Waals surface area contributed by atoms with E-state index in [-0.39, 0.29) is 0 Å². The number of hydrogen-bond donors (Lipinski definition) is 1. The molecule has 0 aromatic rings. The first-order valence-corrected chi connectivity index (χ1v) is 6.38. The van der Waals surface area contributed by atoms with Gasteiger partial charge in [0.05, 0.1) is 6.61 Å². The molecule has 2 nitrogen and oxygen atoms in total. The lowest BCUT2D eigenvalue weighted by Crippen LogP contribution is -2.44. The highest BCUT2D eigenvalue weighted by Gasteiger charge is 2.50. The summed E-state index contributed by atoms with van der Waals surface area (Å²) < 4.78 is 5.47. The van der Waals surface area contributed by atoms with E-state index in [4.69, 9.17) is 4.74 Å². The molecule has 0 heterocycles. The fraction of sp³-hybridized carbons (Fsp3) is 1.00. The molecule has 0 spiro atoms. The summed E-state index contributed by atoms with van der Waals surface area (Å²) >= 11 is 0. The summed E-state index contributed by atoms with van der Waals surface area (Å²) in [6, 6.07) is 0.595. The minimum Gasteiger partial charge on any atom is -0.384 e. The van der Waals surface area contributed by atoms with Crippen LogP contribution in [-0.2, 0) is 4.74 Å². The lowest BCUT2D eigenvalue weighted by molar-refractivity contribution is 0.0333. The van der Waals surface area contributed by atoms with Crippen molar-refractivity contribution in [2.75, 3.05) is 20.3 Å². The minimum atomic E-state index is 0.460. The predicted octanol–water partition coefficient (Wildman–Crippen LogP) is 2.44. The van der Waals surface area contributed by atoms with Gasteiger partial charge in [-0.05, 0) is 31.1 Å². The molecule has 2 rings (SSSR count). The second-order valence-electron chi connectivity index (χ2n) is 5.91. The maximum absolute atomic E-state index is 5.47. The Kier molecular flexibility index (Phi) is 3.36. The van der Waals surface area contributed by atoms with Crippen molar-refractivity contribution in [1.82, 2.24) is 5.32 Å². The van der Waals surface area contributed by atoms with Crippen LogP contribution in [0.5, 0.6) is 0 Å². The van der Waals surface area contributed by atoms with Gasteiger partial charge in [-0.25, -0.2) is 0 Å². The van der Waals surface area contributed by atoms with Crippen LogP contribution in [0.15, 0.2) is 0 Å². The van der Waals surface area contributed by atoms with Crippen LogP contribution in [-0.4, -0.2) is 26.3 Å². The zero-order valence-electron chi connectivity index (χ0n) is 10.4. The third-order valence-corrected chi connectivity index (χ3v) is 4.40. The second-order valence-corrected chi connectivity index (χ2v) is 5.91. The summed E-state index contributed by atoms with van der Waals surface area (Å²) in [5.74, 6) is 1.92. The van der Waals surface area contributed by atoms with Crippen molar-refractivity contribution in [2.45, 2.75) is 45.6 Å². The molecular formula is C13H25NO. The maximum Gasteiger partial charge on any atom is 0.0533 e. The third-order valence-electron chi connectivity index (χ3n) is 4.40. The summed E-state index contributed by atoms with van der Waals surface area (Å²) in [4.78, 5) is 0. The molecule has 2 aliphatic carbocycles. The van der Waals surface area contributed by atoms with Crippen LogP contribution >= 0.6 is 0 Å². The lowest BCUT2D eigenvalue weighted by Gasteiger charge is -2.38. The van der Waals surface area contributed by atoms with E-state index >= 15 is 0 Å². The lowest BCUT2D eigenvalue weighted by atomic mass is 9.73. The smallest absolute Gasteiger partial charge is 0.0533 e. The van der Waals surface area contributed by atoms with Crippen molar-refractivity contribution >= 4 is 0 Å². The second kappa shape index (κ2) is 4.42.